The maximum atomic E-state index is 7.17. The van der Waals surface area contributed by atoms with Crippen molar-refractivity contribution >= 4 is 127 Å². The maximum Gasteiger partial charge on any atom is 0.159 e. The molecule has 20 heteroatoms. The van der Waals surface area contributed by atoms with Crippen molar-refractivity contribution in [3.05, 3.63) is 175 Å². The number of nitrogens with one attached hydrogen (secondary N) is 4. The molecule has 2 heterocycles. The number of benzene rings is 5. The Morgan fingerprint density at radius 2 is 0.841 bits per heavy atom. The molecular formula is C49H64Cl5N11S4. The average Bonchev–Trinajstić information content (AvgIpc) is 3.33. The summed E-state index contributed by atoms with van der Waals surface area (Å²) in [5.41, 5.74) is 24.8. The first-order chi connectivity index (χ1) is 32.0. The summed E-state index contributed by atoms with van der Waals surface area (Å²) in [7, 11) is 0. The van der Waals surface area contributed by atoms with Gasteiger partial charge in [0.05, 0.1) is 26.7 Å². The van der Waals surface area contributed by atoms with Gasteiger partial charge in [0.2, 0.25) is 0 Å². The van der Waals surface area contributed by atoms with Crippen molar-refractivity contribution in [2.75, 3.05) is 46.3 Å². The van der Waals surface area contributed by atoms with E-state index in [0.29, 0.717) is 18.1 Å². The van der Waals surface area contributed by atoms with Gasteiger partial charge in [-0.15, -0.1) is 24.8 Å². The number of amidine groups is 4. The zero-order valence-corrected chi connectivity index (χ0v) is 44.7. The van der Waals surface area contributed by atoms with Crippen LogP contribution in [-0.4, -0.2) is 76.8 Å². The molecule has 0 saturated heterocycles. The molecular weight excluding hydrogens is 1050 g/mol. The molecule has 0 saturated carbocycles. The topological polar surface area (TPSA) is 181 Å². The van der Waals surface area contributed by atoms with Gasteiger partial charge in [-0.1, -0.05) is 174 Å². The van der Waals surface area contributed by atoms with E-state index in [1.807, 2.05) is 72.8 Å². The third-order valence-electron chi connectivity index (χ3n) is 10.1. The summed E-state index contributed by atoms with van der Waals surface area (Å²) in [5.74, 6) is 3.16. The van der Waals surface area contributed by atoms with Crippen LogP contribution in [0, 0.1) is 10.8 Å². The molecule has 0 amide bonds. The van der Waals surface area contributed by atoms with Crippen LogP contribution in [0.4, 0.5) is 0 Å². The number of hydrogen-bond acceptors (Lipinski definition) is 13. The van der Waals surface area contributed by atoms with Crippen LogP contribution in [0.2, 0.25) is 15.1 Å². The highest BCUT2D eigenvalue weighted by atomic mass is 35.5. The molecule has 0 aliphatic carbocycles. The lowest BCUT2D eigenvalue weighted by molar-refractivity contribution is 0.270. The summed E-state index contributed by atoms with van der Waals surface area (Å²) >= 11 is 23.8. The Labute approximate surface area is 453 Å². The van der Waals surface area contributed by atoms with E-state index in [9.17, 15) is 0 Å². The van der Waals surface area contributed by atoms with Crippen LogP contribution < -0.4 is 27.8 Å². The molecule has 0 spiro atoms. The summed E-state index contributed by atoms with van der Waals surface area (Å²) in [6.45, 7) is 5.72. The Hall–Kier alpha value is -3.29. The van der Waals surface area contributed by atoms with Gasteiger partial charge < -0.3 is 27.8 Å². The third kappa shape index (κ3) is 24.6. The monoisotopic (exact) mass is 1110 g/mol. The number of nitrogens with zero attached hydrogens (tertiary/aromatic N) is 4. The van der Waals surface area contributed by atoms with Crippen molar-refractivity contribution in [3.8, 4) is 0 Å². The van der Waals surface area contributed by atoms with Gasteiger partial charge in [0.25, 0.3) is 0 Å². The Balaban J connectivity index is 0.000000464. The van der Waals surface area contributed by atoms with Crippen LogP contribution in [0.3, 0.4) is 0 Å². The van der Waals surface area contributed by atoms with Gasteiger partial charge in [-0.05, 0) is 101 Å². The summed E-state index contributed by atoms with van der Waals surface area (Å²) in [6, 6.07) is 40.5. The van der Waals surface area contributed by atoms with Crippen molar-refractivity contribution in [1.82, 2.24) is 20.4 Å². The largest absolute Gasteiger partial charge is 0.379 e. The molecule has 5 aromatic carbocycles. The van der Waals surface area contributed by atoms with Gasteiger partial charge in [0, 0.05) is 51.2 Å². The zero-order chi connectivity index (χ0) is 46.9. The second-order valence-electron chi connectivity index (χ2n) is 15.0. The Morgan fingerprint density at radius 3 is 1.13 bits per heavy atom. The predicted molar refractivity (Wildman–Crippen MR) is 312 cm³/mol. The molecule has 2 aliphatic rings. The minimum atomic E-state index is 0. The Bertz CT molecular complexity index is 2190. The number of nitrogens with two attached hydrogens (primary N) is 3. The lowest BCUT2D eigenvalue weighted by Crippen LogP contribution is -2.42. The minimum absolute atomic E-state index is 0. The van der Waals surface area contributed by atoms with E-state index in [2.05, 4.69) is 69.0 Å². The highest BCUT2D eigenvalue weighted by Crippen LogP contribution is 2.24. The lowest BCUT2D eigenvalue weighted by atomic mass is 10.1. The molecule has 0 radical (unpaired) electrons. The van der Waals surface area contributed by atoms with Crippen LogP contribution >= 0.6 is 107 Å². The molecule has 7 rings (SSSR count). The van der Waals surface area contributed by atoms with Crippen LogP contribution in [0.25, 0.3) is 0 Å². The third-order valence-corrected chi connectivity index (χ3v) is 14.4. The van der Waals surface area contributed by atoms with Crippen LogP contribution in [0.5, 0.6) is 0 Å². The molecule has 5 aromatic rings. The van der Waals surface area contributed by atoms with Gasteiger partial charge in [-0.2, -0.15) is 0 Å². The van der Waals surface area contributed by atoms with E-state index >= 15 is 0 Å². The van der Waals surface area contributed by atoms with E-state index in [0.717, 1.165) is 107 Å². The molecule has 11 nitrogen and oxygen atoms in total. The highest BCUT2D eigenvalue weighted by Gasteiger charge is 2.16. The first kappa shape index (κ1) is 61.8. The van der Waals surface area contributed by atoms with Crippen LogP contribution in [-0.2, 0) is 42.3 Å². The van der Waals surface area contributed by atoms with E-state index in [1.54, 1.807) is 23.5 Å². The fourth-order valence-electron chi connectivity index (χ4n) is 6.37. The first-order valence-electron chi connectivity index (χ1n) is 21.3. The van der Waals surface area contributed by atoms with Gasteiger partial charge in [0.15, 0.2) is 20.7 Å². The standard InChI is InChI=1S/C30H34Cl2N6S2.C10H14N4S2.C8H10ClN.CH4.2ClH/c31-27-9-5-23(6-10-27)13-15-37-19-33-29(34-20-37)39-17-25-3-1-2-4-26(25)18-40-30-35-21-38(22-36-30)16-14-24-7-11-28(32)12-8-24;11-9(12)15-5-7-3-1-2-4-8(7)6-16-10(13)14;9-8-3-1-7(2-4-8)5-6-10;;;/h1-12H,13-22H2,(H,33,34)(H,35,36);1-4H,5-6H2,(H3,11,12)(H3,13,14);1-4H,5-6,10H2;1H4;2*1H. The second-order valence-corrected chi connectivity index (χ2v) is 20.3. The van der Waals surface area contributed by atoms with E-state index in [-0.39, 0.29) is 42.6 Å². The van der Waals surface area contributed by atoms with Gasteiger partial charge in [-0.3, -0.25) is 20.6 Å². The number of halogens is 5. The van der Waals surface area contributed by atoms with Crippen molar-refractivity contribution in [1.29, 1.82) is 10.8 Å². The van der Waals surface area contributed by atoms with Gasteiger partial charge >= 0.3 is 0 Å². The molecule has 0 aromatic heterocycles. The normalized spacial score (nSPS) is 13.1. The van der Waals surface area contributed by atoms with E-state index in [4.69, 9.17) is 72.8 Å². The second kappa shape index (κ2) is 34.9. The molecule has 0 bridgehead atoms. The molecule has 0 fully saturated rings. The maximum absolute atomic E-state index is 7.17. The zero-order valence-electron chi connectivity index (χ0n) is 37.6. The van der Waals surface area contributed by atoms with Crippen LogP contribution in [0.15, 0.2) is 131 Å². The van der Waals surface area contributed by atoms with Crippen molar-refractivity contribution < 1.29 is 0 Å². The fraction of sp³-hybridized carbons (Fsp3) is 0.306. The average molecular weight is 1110 g/mol. The summed E-state index contributed by atoms with van der Waals surface area (Å²) < 4.78 is 0. The van der Waals surface area contributed by atoms with Gasteiger partial charge in [0.1, 0.15) is 0 Å². The SMILES string of the molecule is C.Cl.Cl.Clc1ccc(CCN2CN=C(SCc3ccccc3CSC3=NCN(CCc4ccc(Cl)cc4)CN3)NC2)cc1.N=C(N)SCc1ccccc1CSC(=N)N.NCCc1ccc(Cl)cc1. The highest BCUT2D eigenvalue weighted by molar-refractivity contribution is 8.14. The Morgan fingerprint density at radius 1 is 0.522 bits per heavy atom. The number of hydrogen-bond donors (Lipinski definition) is 7. The summed E-state index contributed by atoms with van der Waals surface area (Å²) in [6.07, 6.45) is 2.91. The fourth-order valence-corrected chi connectivity index (χ4v) is 9.71. The van der Waals surface area contributed by atoms with E-state index < -0.39 is 0 Å². The van der Waals surface area contributed by atoms with Gasteiger partial charge in [-0.25, -0.2) is 9.98 Å². The van der Waals surface area contributed by atoms with Crippen molar-refractivity contribution in [2.24, 2.45) is 27.2 Å². The minimum Gasteiger partial charge on any atom is -0.379 e. The quantitative estimate of drug-likeness (QED) is 0.0369. The van der Waals surface area contributed by atoms with Crippen molar-refractivity contribution in [2.45, 2.75) is 49.7 Å². The summed E-state index contributed by atoms with van der Waals surface area (Å²) in [4.78, 5) is 14.2. The lowest BCUT2D eigenvalue weighted by Gasteiger charge is -2.27. The molecule has 10 N–H and O–H groups in total. The number of aliphatic imine (C=N–C) groups is 2. The number of rotatable bonds is 16. The Kier molecular flexibility index (Phi) is 31.3. The predicted octanol–water partition coefficient (Wildman–Crippen LogP) is 11.6. The molecule has 374 valence electrons. The van der Waals surface area contributed by atoms with E-state index in [1.165, 1.54) is 51.3 Å². The molecule has 0 unspecified atom stereocenters. The van der Waals surface area contributed by atoms with Crippen LogP contribution in [0.1, 0.15) is 46.4 Å². The smallest absolute Gasteiger partial charge is 0.159 e. The molecule has 0 atom stereocenters. The number of thioether (sulfide) groups is 4. The first-order valence-corrected chi connectivity index (χ1v) is 26.4. The van der Waals surface area contributed by atoms with Crippen molar-refractivity contribution in [3.63, 3.8) is 0 Å². The summed E-state index contributed by atoms with van der Waals surface area (Å²) in [5, 5.41) is 25.9. The molecule has 2 aliphatic heterocycles. The molecule has 69 heavy (non-hydrogen) atoms.